The molecular formula is C13H18BrFN2O3. The zero-order valence-corrected chi connectivity index (χ0v) is 13.0. The Morgan fingerprint density at radius 2 is 2.15 bits per heavy atom. The van der Waals surface area contributed by atoms with E-state index in [1.54, 1.807) is 0 Å². The Morgan fingerprint density at radius 1 is 1.50 bits per heavy atom. The largest absolute Gasteiger partial charge is 0.396 e. The van der Waals surface area contributed by atoms with Crippen molar-refractivity contribution < 1.29 is 14.4 Å². The molecule has 0 heterocycles. The molecule has 0 bridgehead atoms. The molecule has 2 N–H and O–H groups in total. The predicted molar refractivity (Wildman–Crippen MR) is 79.3 cm³/mol. The number of benzene rings is 1. The lowest BCUT2D eigenvalue weighted by Crippen LogP contribution is -2.23. The second kappa shape index (κ2) is 6.99. The van der Waals surface area contributed by atoms with Gasteiger partial charge >= 0.3 is 0 Å². The van der Waals surface area contributed by atoms with Gasteiger partial charge in [0.05, 0.1) is 15.5 Å². The van der Waals surface area contributed by atoms with Crippen molar-refractivity contribution in [3.63, 3.8) is 0 Å². The average Bonchev–Trinajstić information content (AvgIpc) is 2.37. The SMILES string of the molecule is CC(C)(CCCO)CNc1cc(Br)c(F)cc1[N+](=O)[O-]. The van der Waals surface area contributed by atoms with Crippen molar-refractivity contribution >= 4 is 27.3 Å². The monoisotopic (exact) mass is 348 g/mol. The van der Waals surface area contributed by atoms with Crippen molar-refractivity contribution in [2.24, 2.45) is 5.41 Å². The number of aliphatic hydroxyl groups excluding tert-OH is 1. The zero-order chi connectivity index (χ0) is 15.3. The van der Waals surface area contributed by atoms with Crippen LogP contribution in [0.15, 0.2) is 16.6 Å². The minimum absolute atomic E-state index is 0.117. The maximum atomic E-state index is 13.4. The van der Waals surface area contributed by atoms with Gasteiger partial charge in [0.25, 0.3) is 5.69 Å². The molecule has 1 rings (SSSR count). The van der Waals surface area contributed by atoms with Crippen LogP contribution < -0.4 is 5.32 Å². The predicted octanol–water partition coefficient (Wildman–Crippen LogP) is 3.71. The first-order valence-corrected chi connectivity index (χ1v) is 7.04. The van der Waals surface area contributed by atoms with Crippen molar-refractivity contribution in [3.05, 3.63) is 32.5 Å². The highest BCUT2D eigenvalue weighted by Crippen LogP contribution is 2.32. The van der Waals surface area contributed by atoms with Crippen molar-refractivity contribution in [1.82, 2.24) is 0 Å². The number of hydrogen-bond acceptors (Lipinski definition) is 4. The Balaban J connectivity index is 2.86. The van der Waals surface area contributed by atoms with Crippen LogP contribution in [0.1, 0.15) is 26.7 Å². The Bertz CT molecular complexity index is 495. The van der Waals surface area contributed by atoms with Gasteiger partial charge in [-0.25, -0.2) is 4.39 Å². The van der Waals surface area contributed by atoms with Crippen LogP contribution in [0.4, 0.5) is 15.8 Å². The molecule has 0 saturated heterocycles. The summed E-state index contributed by atoms with van der Waals surface area (Å²) in [7, 11) is 0. The lowest BCUT2D eigenvalue weighted by molar-refractivity contribution is -0.384. The van der Waals surface area contributed by atoms with E-state index in [4.69, 9.17) is 5.11 Å². The van der Waals surface area contributed by atoms with E-state index in [0.29, 0.717) is 13.0 Å². The normalized spacial score (nSPS) is 11.4. The molecule has 5 nitrogen and oxygen atoms in total. The second-order valence-electron chi connectivity index (χ2n) is 5.39. The number of nitro benzene ring substituents is 1. The van der Waals surface area contributed by atoms with E-state index < -0.39 is 10.7 Å². The van der Waals surface area contributed by atoms with Crippen LogP contribution in [0.2, 0.25) is 0 Å². The molecule has 7 heteroatoms. The van der Waals surface area contributed by atoms with E-state index in [-0.39, 0.29) is 27.9 Å². The molecule has 0 radical (unpaired) electrons. The van der Waals surface area contributed by atoms with Crippen LogP contribution >= 0.6 is 15.9 Å². The van der Waals surface area contributed by atoms with E-state index >= 15 is 0 Å². The molecular weight excluding hydrogens is 331 g/mol. The lowest BCUT2D eigenvalue weighted by atomic mass is 9.88. The highest BCUT2D eigenvalue weighted by molar-refractivity contribution is 9.10. The molecule has 1 aromatic rings. The Kier molecular flexibility index (Phi) is 5.88. The van der Waals surface area contributed by atoms with Gasteiger partial charge in [0.1, 0.15) is 11.5 Å². The first-order valence-electron chi connectivity index (χ1n) is 6.25. The Hall–Kier alpha value is -1.21. The molecule has 0 spiro atoms. The quantitative estimate of drug-likeness (QED) is 0.581. The number of nitrogens with one attached hydrogen (secondary N) is 1. The number of nitro groups is 1. The van der Waals surface area contributed by atoms with Gasteiger partial charge in [0, 0.05) is 13.2 Å². The summed E-state index contributed by atoms with van der Waals surface area (Å²) in [5, 5.41) is 22.8. The molecule has 0 aliphatic rings. The smallest absolute Gasteiger partial charge is 0.295 e. The molecule has 0 aromatic heterocycles. The summed E-state index contributed by atoms with van der Waals surface area (Å²) in [4.78, 5) is 10.3. The van der Waals surface area contributed by atoms with Crippen molar-refractivity contribution in [2.75, 3.05) is 18.5 Å². The van der Waals surface area contributed by atoms with Gasteiger partial charge in [0.2, 0.25) is 0 Å². The highest BCUT2D eigenvalue weighted by atomic mass is 79.9. The van der Waals surface area contributed by atoms with E-state index in [2.05, 4.69) is 21.2 Å². The molecule has 1 aromatic carbocycles. The Labute approximate surface area is 125 Å². The molecule has 0 aliphatic heterocycles. The number of anilines is 1. The fraction of sp³-hybridized carbons (Fsp3) is 0.538. The molecule has 0 saturated carbocycles. The van der Waals surface area contributed by atoms with Crippen LogP contribution in [0.5, 0.6) is 0 Å². The van der Waals surface area contributed by atoms with Gasteiger partial charge < -0.3 is 10.4 Å². The van der Waals surface area contributed by atoms with Gasteiger partial charge in [-0.2, -0.15) is 0 Å². The molecule has 0 aliphatic carbocycles. The molecule has 0 amide bonds. The minimum atomic E-state index is -0.665. The standard InChI is InChI=1S/C13H18BrFN2O3/c1-13(2,4-3-5-18)8-16-11-6-9(14)10(15)7-12(11)17(19)20/h6-7,16,18H,3-5,8H2,1-2H3. The number of rotatable bonds is 7. The highest BCUT2D eigenvalue weighted by Gasteiger charge is 2.21. The Morgan fingerprint density at radius 3 is 2.70 bits per heavy atom. The number of halogens is 2. The first-order chi connectivity index (χ1) is 9.26. The molecule has 20 heavy (non-hydrogen) atoms. The maximum Gasteiger partial charge on any atom is 0.295 e. The number of aliphatic hydroxyl groups is 1. The average molecular weight is 349 g/mol. The van der Waals surface area contributed by atoms with Gasteiger partial charge in [-0.05, 0) is 40.3 Å². The summed E-state index contributed by atoms with van der Waals surface area (Å²) in [6.45, 7) is 4.61. The fourth-order valence-corrected chi connectivity index (χ4v) is 2.15. The van der Waals surface area contributed by atoms with E-state index in [1.807, 2.05) is 13.8 Å². The third kappa shape index (κ3) is 4.72. The van der Waals surface area contributed by atoms with Crippen LogP contribution in [0.25, 0.3) is 0 Å². The molecule has 0 atom stereocenters. The first kappa shape index (κ1) is 16.8. The summed E-state index contributed by atoms with van der Waals surface area (Å²) in [5.74, 6) is -0.665. The van der Waals surface area contributed by atoms with Crippen LogP contribution in [0.3, 0.4) is 0 Å². The number of nitrogens with zero attached hydrogens (tertiary/aromatic N) is 1. The lowest BCUT2D eigenvalue weighted by Gasteiger charge is -2.25. The molecule has 112 valence electrons. The second-order valence-corrected chi connectivity index (χ2v) is 6.24. The zero-order valence-electron chi connectivity index (χ0n) is 11.4. The molecule has 0 unspecified atom stereocenters. The van der Waals surface area contributed by atoms with Crippen molar-refractivity contribution in [1.29, 1.82) is 0 Å². The van der Waals surface area contributed by atoms with Crippen molar-refractivity contribution in [2.45, 2.75) is 26.7 Å². The summed E-state index contributed by atoms with van der Waals surface area (Å²) in [5.41, 5.74) is -0.138. The van der Waals surface area contributed by atoms with E-state index in [9.17, 15) is 14.5 Å². The van der Waals surface area contributed by atoms with Crippen molar-refractivity contribution in [3.8, 4) is 0 Å². The molecule has 0 fully saturated rings. The van der Waals surface area contributed by atoms with Gasteiger partial charge in [-0.15, -0.1) is 0 Å². The van der Waals surface area contributed by atoms with Gasteiger partial charge in [-0.1, -0.05) is 13.8 Å². The summed E-state index contributed by atoms with van der Waals surface area (Å²) in [6.07, 6.45) is 1.45. The fourth-order valence-electron chi connectivity index (χ4n) is 1.81. The third-order valence-electron chi connectivity index (χ3n) is 3.00. The number of hydrogen-bond donors (Lipinski definition) is 2. The van der Waals surface area contributed by atoms with E-state index in [0.717, 1.165) is 12.5 Å². The maximum absolute atomic E-state index is 13.4. The van der Waals surface area contributed by atoms with Crippen LogP contribution in [-0.2, 0) is 0 Å². The van der Waals surface area contributed by atoms with Gasteiger partial charge in [-0.3, -0.25) is 10.1 Å². The van der Waals surface area contributed by atoms with Gasteiger partial charge in [0.15, 0.2) is 0 Å². The topological polar surface area (TPSA) is 75.4 Å². The summed E-state index contributed by atoms with van der Waals surface area (Å²) >= 11 is 3.02. The summed E-state index contributed by atoms with van der Waals surface area (Å²) in [6, 6.07) is 2.27. The summed E-state index contributed by atoms with van der Waals surface area (Å²) < 4.78 is 13.5. The minimum Gasteiger partial charge on any atom is -0.396 e. The van der Waals surface area contributed by atoms with Crippen LogP contribution in [-0.4, -0.2) is 23.2 Å². The van der Waals surface area contributed by atoms with Crippen LogP contribution in [0, 0.1) is 21.3 Å². The van der Waals surface area contributed by atoms with E-state index in [1.165, 1.54) is 6.07 Å². The third-order valence-corrected chi connectivity index (χ3v) is 3.61.